The number of rotatable bonds is 0. The van der Waals surface area contributed by atoms with Crippen molar-refractivity contribution < 1.29 is 0 Å². The molecule has 4 fully saturated rings. The van der Waals surface area contributed by atoms with Crippen LogP contribution in [0.2, 0.25) is 0 Å². The Balaban J connectivity index is 1.67. The highest BCUT2D eigenvalue weighted by Crippen LogP contribution is 2.65. The zero-order chi connectivity index (χ0) is 15.7. The van der Waals surface area contributed by atoms with Gasteiger partial charge in [0.15, 0.2) is 0 Å². The van der Waals surface area contributed by atoms with Crippen molar-refractivity contribution >= 4 is 0 Å². The van der Waals surface area contributed by atoms with E-state index in [-0.39, 0.29) is 0 Å². The van der Waals surface area contributed by atoms with Crippen LogP contribution >= 0.6 is 0 Å². The molecule has 4 saturated carbocycles. The molecule has 126 valence electrons. The molecule has 0 aromatic rings. The van der Waals surface area contributed by atoms with Gasteiger partial charge in [0.05, 0.1) is 0 Å². The van der Waals surface area contributed by atoms with Gasteiger partial charge < -0.3 is 17.2 Å². The van der Waals surface area contributed by atoms with Crippen LogP contribution in [0.3, 0.4) is 0 Å². The van der Waals surface area contributed by atoms with E-state index >= 15 is 0 Å². The van der Waals surface area contributed by atoms with Crippen molar-refractivity contribution in [2.24, 2.45) is 51.7 Å². The van der Waals surface area contributed by atoms with Crippen LogP contribution in [0.25, 0.3) is 0 Å². The molecule has 3 nitrogen and oxygen atoms in total. The number of fused-ring (bicyclic) bond motifs is 5. The number of hydrogen-bond acceptors (Lipinski definition) is 3. The molecule has 0 aliphatic heterocycles. The summed E-state index contributed by atoms with van der Waals surface area (Å²) < 4.78 is 0. The van der Waals surface area contributed by atoms with E-state index in [2.05, 4.69) is 13.8 Å². The Labute approximate surface area is 135 Å². The van der Waals surface area contributed by atoms with E-state index in [0.717, 1.165) is 17.8 Å². The number of nitrogens with two attached hydrogens (primary N) is 3. The van der Waals surface area contributed by atoms with Crippen LogP contribution in [-0.2, 0) is 0 Å². The standard InChI is InChI=1S/C19H35N3/c1-18-6-5-14-13(16(18)7-12(21)9-18)8-17(22)15-4-3-11(20)10-19(14,15)2/h11-17H,3-10,20-22H2,1-2H3/t11?,12?,13-,14+,15?,16+,17?,18-,19-/m1/s1. The van der Waals surface area contributed by atoms with Crippen molar-refractivity contribution in [3.05, 3.63) is 0 Å². The Kier molecular flexibility index (Phi) is 3.46. The second-order valence-electron chi connectivity index (χ2n) is 9.82. The van der Waals surface area contributed by atoms with E-state index in [1.54, 1.807) is 0 Å². The zero-order valence-electron chi connectivity index (χ0n) is 14.4. The summed E-state index contributed by atoms with van der Waals surface area (Å²) in [5, 5.41) is 0. The fraction of sp³-hybridized carbons (Fsp3) is 1.00. The lowest BCUT2D eigenvalue weighted by Crippen LogP contribution is -2.60. The van der Waals surface area contributed by atoms with E-state index in [4.69, 9.17) is 17.2 Å². The van der Waals surface area contributed by atoms with Crippen LogP contribution in [0.1, 0.15) is 65.2 Å². The first-order chi connectivity index (χ1) is 10.3. The lowest BCUT2D eigenvalue weighted by molar-refractivity contribution is -0.114. The summed E-state index contributed by atoms with van der Waals surface area (Å²) in [7, 11) is 0. The molecule has 0 saturated heterocycles. The minimum Gasteiger partial charge on any atom is -0.328 e. The third-order valence-electron chi connectivity index (χ3n) is 8.55. The van der Waals surface area contributed by atoms with E-state index in [0.29, 0.717) is 34.9 Å². The summed E-state index contributed by atoms with van der Waals surface area (Å²) in [6, 6.07) is 1.20. The van der Waals surface area contributed by atoms with Gasteiger partial charge in [0.2, 0.25) is 0 Å². The third kappa shape index (κ3) is 2.04. The maximum Gasteiger partial charge on any atom is 0.00753 e. The van der Waals surface area contributed by atoms with Gasteiger partial charge in [-0.25, -0.2) is 0 Å². The Morgan fingerprint density at radius 2 is 1.55 bits per heavy atom. The van der Waals surface area contributed by atoms with Crippen molar-refractivity contribution in [3.8, 4) is 0 Å². The molecule has 0 spiro atoms. The Morgan fingerprint density at radius 1 is 0.773 bits per heavy atom. The molecule has 6 N–H and O–H groups in total. The summed E-state index contributed by atoms with van der Waals surface area (Å²) in [5.41, 5.74) is 20.3. The quantitative estimate of drug-likeness (QED) is 0.644. The molecule has 4 aliphatic carbocycles. The first kappa shape index (κ1) is 15.4. The molecule has 9 atom stereocenters. The molecule has 0 radical (unpaired) electrons. The van der Waals surface area contributed by atoms with Crippen LogP contribution in [0.5, 0.6) is 0 Å². The first-order valence-electron chi connectivity index (χ1n) is 9.60. The largest absolute Gasteiger partial charge is 0.328 e. The van der Waals surface area contributed by atoms with Gasteiger partial charge in [-0.1, -0.05) is 13.8 Å². The monoisotopic (exact) mass is 305 g/mol. The highest BCUT2D eigenvalue weighted by atomic mass is 14.8. The van der Waals surface area contributed by atoms with Crippen molar-refractivity contribution in [1.29, 1.82) is 0 Å². The highest BCUT2D eigenvalue weighted by molar-refractivity contribution is 5.11. The fourth-order valence-corrected chi connectivity index (χ4v) is 7.70. The molecule has 3 heteroatoms. The predicted octanol–water partition coefficient (Wildman–Crippen LogP) is 2.62. The van der Waals surface area contributed by atoms with E-state index in [9.17, 15) is 0 Å². The first-order valence-corrected chi connectivity index (χ1v) is 9.60. The van der Waals surface area contributed by atoms with Crippen LogP contribution in [-0.4, -0.2) is 18.1 Å². The molecule has 0 bridgehead atoms. The smallest absolute Gasteiger partial charge is 0.00753 e. The minimum atomic E-state index is 0.383. The maximum atomic E-state index is 6.72. The summed E-state index contributed by atoms with van der Waals surface area (Å²) >= 11 is 0. The van der Waals surface area contributed by atoms with Crippen LogP contribution in [0, 0.1) is 34.5 Å². The van der Waals surface area contributed by atoms with Gasteiger partial charge in [-0.15, -0.1) is 0 Å². The second-order valence-corrected chi connectivity index (χ2v) is 9.82. The molecule has 0 heterocycles. The van der Waals surface area contributed by atoms with Gasteiger partial charge in [-0.3, -0.25) is 0 Å². The van der Waals surface area contributed by atoms with Gasteiger partial charge in [-0.2, -0.15) is 0 Å². The minimum absolute atomic E-state index is 0.383. The van der Waals surface area contributed by atoms with Gasteiger partial charge in [0.1, 0.15) is 0 Å². The Morgan fingerprint density at radius 3 is 2.32 bits per heavy atom. The molecule has 4 aliphatic rings. The van der Waals surface area contributed by atoms with Crippen molar-refractivity contribution in [1.82, 2.24) is 0 Å². The summed E-state index contributed by atoms with van der Waals surface area (Å²) in [6.45, 7) is 5.04. The topological polar surface area (TPSA) is 78.1 Å². The average molecular weight is 306 g/mol. The highest BCUT2D eigenvalue weighted by Gasteiger charge is 2.60. The molecular formula is C19H35N3. The summed E-state index contributed by atoms with van der Waals surface area (Å²) in [5.74, 6) is 3.15. The Bertz CT molecular complexity index is 452. The van der Waals surface area contributed by atoms with Crippen molar-refractivity contribution in [2.75, 3.05) is 0 Å². The van der Waals surface area contributed by atoms with Gasteiger partial charge in [0, 0.05) is 18.1 Å². The summed E-state index contributed by atoms with van der Waals surface area (Å²) in [6.07, 6.45) is 10.1. The van der Waals surface area contributed by atoms with Crippen molar-refractivity contribution in [3.63, 3.8) is 0 Å². The van der Waals surface area contributed by atoms with E-state index in [1.807, 2.05) is 0 Å². The molecule has 4 unspecified atom stereocenters. The Hall–Kier alpha value is -0.120. The molecular weight excluding hydrogens is 270 g/mol. The van der Waals surface area contributed by atoms with Gasteiger partial charge in [-0.05, 0) is 85.9 Å². The van der Waals surface area contributed by atoms with Gasteiger partial charge >= 0.3 is 0 Å². The average Bonchev–Trinajstić information content (AvgIpc) is 2.72. The third-order valence-corrected chi connectivity index (χ3v) is 8.55. The lowest BCUT2D eigenvalue weighted by atomic mass is 9.44. The van der Waals surface area contributed by atoms with Crippen LogP contribution < -0.4 is 17.2 Å². The second kappa shape index (κ2) is 4.94. The van der Waals surface area contributed by atoms with E-state index in [1.165, 1.54) is 51.4 Å². The van der Waals surface area contributed by atoms with Crippen LogP contribution in [0.15, 0.2) is 0 Å². The van der Waals surface area contributed by atoms with Gasteiger partial charge in [0.25, 0.3) is 0 Å². The molecule has 0 amide bonds. The normalized spacial score (nSPS) is 61.2. The van der Waals surface area contributed by atoms with E-state index < -0.39 is 0 Å². The zero-order valence-corrected chi connectivity index (χ0v) is 14.4. The van der Waals surface area contributed by atoms with Crippen LogP contribution in [0.4, 0.5) is 0 Å². The molecule has 22 heavy (non-hydrogen) atoms. The SMILES string of the molecule is C[C@]12CC[C@H]3[C@@H](CC(N)C4CCC(N)C[C@@]43C)[C@@H]1CC(N)C2. The predicted molar refractivity (Wildman–Crippen MR) is 91.0 cm³/mol. The maximum absolute atomic E-state index is 6.72. The molecule has 0 aromatic carbocycles. The summed E-state index contributed by atoms with van der Waals surface area (Å²) in [4.78, 5) is 0. The molecule has 4 rings (SSSR count). The molecule has 0 aromatic heterocycles. The fourth-order valence-electron chi connectivity index (χ4n) is 7.70. The van der Waals surface area contributed by atoms with Crippen molar-refractivity contribution in [2.45, 2.75) is 83.3 Å². The lowest BCUT2D eigenvalue weighted by Gasteiger charge is -2.62. The number of hydrogen-bond donors (Lipinski definition) is 3.